The van der Waals surface area contributed by atoms with Crippen LogP contribution in [0.5, 0.6) is 0 Å². The first kappa shape index (κ1) is 15.1. The first-order chi connectivity index (χ1) is 11.7. The van der Waals surface area contributed by atoms with Crippen LogP contribution in [0.25, 0.3) is 11.4 Å². The molecule has 0 saturated carbocycles. The van der Waals surface area contributed by atoms with E-state index in [1.165, 1.54) is 0 Å². The van der Waals surface area contributed by atoms with Crippen LogP contribution < -0.4 is 0 Å². The van der Waals surface area contributed by atoms with Crippen molar-refractivity contribution in [2.24, 2.45) is 13.0 Å². The molecule has 0 bridgehead atoms. The number of aryl methyl sites for hydroxylation is 2. The molecule has 0 spiro atoms. The van der Waals surface area contributed by atoms with Crippen LogP contribution in [0.15, 0.2) is 29.2 Å². The van der Waals surface area contributed by atoms with Crippen LogP contribution in [-0.4, -0.2) is 36.3 Å². The molecular weight excluding hydrogens is 308 g/mol. The van der Waals surface area contributed by atoms with E-state index in [9.17, 15) is 0 Å². The first-order valence-corrected chi connectivity index (χ1v) is 8.20. The fourth-order valence-corrected chi connectivity index (χ4v) is 3.19. The molecule has 0 amide bonds. The highest BCUT2D eigenvalue weighted by Gasteiger charge is 2.35. The molecule has 0 aromatic carbocycles. The summed E-state index contributed by atoms with van der Waals surface area (Å²) in [6.07, 6.45) is 7.25. The van der Waals surface area contributed by atoms with Crippen molar-refractivity contribution in [2.75, 3.05) is 6.61 Å². The lowest BCUT2D eigenvalue weighted by molar-refractivity contribution is 0.0578. The normalized spacial score (nSPS) is 20.8. The molecule has 1 aliphatic rings. The van der Waals surface area contributed by atoms with E-state index < -0.39 is 0 Å². The van der Waals surface area contributed by atoms with Gasteiger partial charge in [0.2, 0.25) is 5.82 Å². The van der Waals surface area contributed by atoms with E-state index in [0.717, 1.165) is 30.6 Å². The molecule has 8 heteroatoms. The van der Waals surface area contributed by atoms with E-state index in [1.54, 1.807) is 10.9 Å². The highest BCUT2D eigenvalue weighted by molar-refractivity contribution is 5.56. The monoisotopic (exact) mass is 328 g/mol. The van der Waals surface area contributed by atoms with E-state index in [0.29, 0.717) is 18.3 Å². The SMILES string of the molecule is CCc1nn(C)cc1-c1noc([C@H]2OCC[C@H]2Cn2cccn2)n1. The molecule has 2 atom stereocenters. The van der Waals surface area contributed by atoms with Crippen LogP contribution in [0.4, 0.5) is 0 Å². The molecule has 0 radical (unpaired) electrons. The van der Waals surface area contributed by atoms with Crippen LogP contribution in [0.1, 0.15) is 31.0 Å². The topological polar surface area (TPSA) is 83.8 Å². The lowest BCUT2D eigenvalue weighted by Crippen LogP contribution is -2.15. The Morgan fingerprint density at radius 2 is 2.29 bits per heavy atom. The molecule has 8 nitrogen and oxygen atoms in total. The van der Waals surface area contributed by atoms with Gasteiger partial charge in [-0.15, -0.1) is 0 Å². The van der Waals surface area contributed by atoms with Crippen molar-refractivity contribution in [3.8, 4) is 11.4 Å². The predicted octanol–water partition coefficient (Wildman–Crippen LogP) is 2.01. The van der Waals surface area contributed by atoms with E-state index >= 15 is 0 Å². The number of hydrogen-bond donors (Lipinski definition) is 0. The summed E-state index contributed by atoms with van der Waals surface area (Å²) in [5.74, 6) is 1.38. The van der Waals surface area contributed by atoms with Crippen molar-refractivity contribution < 1.29 is 9.26 Å². The fraction of sp³-hybridized carbons (Fsp3) is 0.500. The molecule has 0 N–H and O–H groups in total. The summed E-state index contributed by atoms with van der Waals surface area (Å²) in [5.41, 5.74) is 1.88. The number of hydrogen-bond acceptors (Lipinski definition) is 6. The molecule has 4 rings (SSSR count). The lowest BCUT2D eigenvalue weighted by atomic mass is 10.0. The molecule has 1 aliphatic heterocycles. The average Bonchev–Trinajstić information content (AvgIpc) is 3.34. The van der Waals surface area contributed by atoms with Gasteiger partial charge in [0.15, 0.2) is 0 Å². The second-order valence-electron chi connectivity index (χ2n) is 6.04. The zero-order valence-corrected chi connectivity index (χ0v) is 13.8. The predicted molar refractivity (Wildman–Crippen MR) is 84.9 cm³/mol. The van der Waals surface area contributed by atoms with Crippen molar-refractivity contribution in [2.45, 2.75) is 32.4 Å². The van der Waals surface area contributed by atoms with Crippen molar-refractivity contribution >= 4 is 0 Å². The van der Waals surface area contributed by atoms with Gasteiger partial charge >= 0.3 is 0 Å². The summed E-state index contributed by atoms with van der Waals surface area (Å²) in [6.45, 7) is 3.54. The van der Waals surface area contributed by atoms with Gasteiger partial charge in [0.05, 0.1) is 11.3 Å². The standard InChI is InChI=1S/C16H20N6O2/c1-3-13-12(10-21(2)19-13)15-18-16(24-20-15)14-11(5-8-23-14)9-22-7-4-6-17-22/h4,6-7,10-11,14H,3,5,8-9H2,1-2H3/t11-,14-/m0/s1. The molecular formula is C16H20N6O2. The van der Waals surface area contributed by atoms with Gasteiger partial charge in [-0.1, -0.05) is 12.1 Å². The summed E-state index contributed by atoms with van der Waals surface area (Å²) in [7, 11) is 1.89. The zero-order chi connectivity index (χ0) is 16.5. The molecule has 4 heterocycles. The molecule has 1 saturated heterocycles. The third kappa shape index (κ3) is 2.73. The van der Waals surface area contributed by atoms with Crippen LogP contribution >= 0.6 is 0 Å². The Hall–Kier alpha value is -2.48. The Labute approximate surface area is 139 Å². The average molecular weight is 328 g/mol. The zero-order valence-electron chi connectivity index (χ0n) is 13.8. The molecule has 0 unspecified atom stereocenters. The largest absolute Gasteiger partial charge is 0.368 e. The van der Waals surface area contributed by atoms with E-state index in [4.69, 9.17) is 9.26 Å². The summed E-state index contributed by atoms with van der Waals surface area (Å²) in [4.78, 5) is 4.58. The van der Waals surface area contributed by atoms with E-state index in [1.807, 2.05) is 30.2 Å². The van der Waals surface area contributed by atoms with Gasteiger partial charge in [0.25, 0.3) is 5.89 Å². The molecule has 24 heavy (non-hydrogen) atoms. The summed E-state index contributed by atoms with van der Waals surface area (Å²) in [5, 5.41) is 12.8. The Morgan fingerprint density at radius 1 is 1.38 bits per heavy atom. The highest BCUT2D eigenvalue weighted by atomic mass is 16.5. The number of aromatic nitrogens is 6. The summed E-state index contributed by atoms with van der Waals surface area (Å²) < 4.78 is 15.1. The van der Waals surface area contributed by atoms with Crippen molar-refractivity contribution in [3.05, 3.63) is 36.2 Å². The maximum absolute atomic E-state index is 5.85. The summed E-state index contributed by atoms with van der Waals surface area (Å²) >= 11 is 0. The minimum Gasteiger partial charge on any atom is -0.368 e. The second kappa shape index (κ2) is 6.20. The van der Waals surface area contributed by atoms with Gasteiger partial charge in [-0.2, -0.15) is 15.2 Å². The Morgan fingerprint density at radius 3 is 3.08 bits per heavy atom. The van der Waals surface area contributed by atoms with Crippen LogP contribution in [0, 0.1) is 5.92 Å². The van der Waals surface area contributed by atoms with Gasteiger partial charge in [-0.25, -0.2) is 0 Å². The number of nitrogens with zero attached hydrogens (tertiary/aromatic N) is 6. The molecule has 3 aromatic heterocycles. The molecule has 1 fully saturated rings. The Balaban J connectivity index is 1.57. The quantitative estimate of drug-likeness (QED) is 0.712. The van der Waals surface area contributed by atoms with Crippen molar-refractivity contribution in [1.82, 2.24) is 29.7 Å². The van der Waals surface area contributed by atoms with Gasteiger partial charge in [-0.05, 0) is 18.9 Å². The van der Waals surface area contributed by atoms with E-state index in [-0.39, 0.29) is 12.0 Å². The van der Waals surface area contributed by atoms with Crippen molar-refractivity contribution in [3.63, 3.8) is 0 Å². The third-order valence-corrected chi connectivity index (χ3v) is 4.36. The van der Waals surface area contributed by atoms with Crippen LogP contribution in [-0.2, 0) is 24.8 Å². The van der Waals surface area contributed by atoms with Crippen molar-refractivity contribution in [1.29, 1.82) is 0 Å². The maximum Gasteiger partial charge on any atom is 0.256 e. The van der Waals surface area contributed by atoms with Crippen LogP contribution in [0.3, 0.4) is 0 Å². The first-order valence-electron chi connectivity index (χ1n) is 8.20. The van der Waals surface area contributed by atoms with Gasteiger partial charge in [0, 0.05) is 44.7 Å². The summed E-state index contributed by atoms with van der Waals surface area (Å²) in [6, 6.07) is 1.92. The number of rotatable bonds is 5. The minimum atomic E-state index is -0.183. The van der Waals surface area contributed by atoms with Gasteiger partial charge in [0.1, 0.15) is 6.10 Å². The molecule has 126 valence electrons. The minimum absolute atomic E-state index is 0.183. The fourth-order valence-electron chi connectivity index (χ4n) is 3.19. The third-order valence-electron chi connectivity index (χ3n) is 4.36. The number of ether oxygens (including phenoxy) is 1. The smallest absolute Gasteiger partial charge is 0.256 e. The molecule has 3 aromatic rings. The van der Waals surface area contributed by atoms with Gasteiger partial charge < -0.3 is 9.26 Å². The lowest BCUT2D eigenvalue weighted by Gasteiger charge is -2.14. The highest BCUT2D eigenvalue weighted by Crippen LogP contribution is 2.35. The molecule has 0 aliphatic carbocycles. The maximum atomic E-state index is 5.85. The Bertz CT molecular complexity index is 807. The second-order valence-corrected chi connectivity index (χ2v) is 6.04. The van der Waals surface area contributed by atoms with Gasteiger partial charge in [-0.3, -0.25) is 9.36 Å². The van der Waals surface area contributed by atoms with E-state index in [2.05, 4.69) is 27.3 Å². The van der Waals surface area contributed by atoms with Crippen LogP contribution in [0.2, 0.25) is 0 Å². The Kier molecular flexibility index (Phi) is 3.89.